The molecule has 2 amide bonds. The van der Waals surface area contributed by atoms with Gasteiger partial charge >= 0.3 is 0 Å². The number of unbranched alkanes of at least 4 members (excludes halogenated alkanes) is 1. The molecule has 0 bridgehead atoms. The van der Waals surface area contributed by atoms with Gasteiger partial charge in [0, 0.05) is 11.4 Å². The maximum absolute atomic E-state index is 13.5. The molecule has 0 aliphatic carbocycles. The molecular formula is C30H29N5O3S. The number of amides is 2. The number of nitrogens with zero attached hydrogens (tertiary/aromatic N) is 2. The topological polar surface area (TPSA) is 130 Å². The van der Waals surface area contributed by atoms with Crippen LogP contribution in [0.5, 0.6) is 5.75 Å². The summed E-state index contributed by atoms with van der Waals surface area (Å²) in [4.78, 5) is 31.5. The van der Waals surface area contributed by atoms with Gasteiger partial charge in [0.15, 0.2) is 0 Å². The van der Waals surface area contributed by atoms with Crippen molar-refractivity contribution >= 4 is 45.7 Å². The van der Waals surface area contributed by atoms with Crippen molar-refractivity contribution in [1.82, 2.24) is 0 Å². The van der Waals surface area contributed by atoms with Crippen molar-refractivity contribution < 1.29 is 14.3 Å². The minimum atomic E-state index is -0.928. The first-order chi connectivity index (χ1) is 18.9. The SMILES string of the molecule is CCCCc1ccc(NC(=O)C2=C(N)[C@H](C(=O)Nc3ccccc3C#N)SC2=Nc2ccccc2OC)cc1. The molecule has 0 saturated heterocycles. The van der Waals surface area contributed by atoms with Gasteiger partial charge in [0.1, 0.15) is 27.8 Å². The normalized spacial score (nSPS) is 15.6. The molecule has 0 spiro atoms. The molecule has 0 aromatic heterocycles. The molecule has 0 radical (unpaired) electrons. The lowest BCUT2D eigenvalue weighted by atomic mass is 10.1. The Morgan fingerprint density at radius 1 is 1.05 bits per heavy atom. The van der Waals surface area contributed by atoms with Gasteiger partial charge in [-0.15, -0.1) is 0 Å². The molecule has 3 aromatic carbocycles. The van der Waals surface area contributed by atoms with Crippen LogP contribution in [0.2, 0.25) is 0 Å². The maximum atomic E-state index is 13.5. The summed E-state index contributed by atoms with van der Waals surface area (Å²) in [5, 5.41) is 14.4. The van der Waals surface area contributed by atoms with Crippen molar-refractivity contribution in [2.24, 2.45) is 10.7 Å². The maximum Gasteiger partial charge on any atom is 0.260 e. The molecule has 1 heterocycles. The van der Waals surface area contributed by atoms with Gasteiger partial charge in [0.05, 0.1) is 23.9 Å². The number of nitriles is 1. The Bertz CT molecular complexity index is 1470. The van der Waals surface area contributed by atoms with Crippen LogP contribution in [-0.4, -0.2) is 29.2 Å². The molecule has 0 saturated carbocycles. The molecular weight excluding hydrogens is 510 g/mol. The number of thioether (sulfide) groups is 1. The van der Waals surface area contributed by atoms with Gasteiger partial charge in [0.25, 0.3) is 5.91 Å². The molecule has 1 aliphatic heterocycles. The second-order valence-electron chi connectivity index (χ2n) is 8.82. The van der Waals surface area contributed by atoms with Crippen LogP contribution in [0, 0.1) is 11.3 Å². The Balaban J connectivity index is 1.66. The van der Waals surface area contributed by atoms with E-state index in [1.54, 1.807) is 42.5 Å². The van der Waals surface area contributed by atoms with E-state index in [2.05, 4.69) is 28.6 Å². The molecule has 3 aromatic rings. The summed E-state index contributed by atoms with van der Waals surface area (Å²) in [6.45, 7) is 2.15. The van der Waals surface area contributed by atoms with Crippen LogP contribution in [0.1, 0.15) is 30.9 Å². The van der Waals surface area contributed by atoms with Gasteiger partial charge in [-0.05, 0) is 54.8 Å². The standard InChI is InChI=1S/C30H29N5O3S/c1-3-4-9-19-14-16-21(17-15-19)33-28(36)25-26(32)27(29(37)34-22-11-6-5-10-20(22)18-31)39-30(25)35-23-12-7-8-13-24(23)38-2/h5-8,10-17,27H,3-4,9,32H2,1-2H3,(H,33,36)(H,34,37)/t27-/m1/s1. The Labute approximate surface area is 232 Å². The molecule has 4 N–H and O–H groups in total. The fraction of sp³-hybridized carbons (Fsp3) is 0.200. The van der Waals surface area contributed by atoms with Gasteiger partial charge in [-0.2, -0.15) is 5.26 Å². The van der Waals surface area contributed by atoms with Crippen molar-refractivity contribution in [3.63, 3.8) is 0 Å². The van der Waals surface area contributed by atoms with Gasteiger partial charge in [-0.1, -0.05) is 61.5 Å². The third-order valence-corrected chi connectivity index (χ3v) is 7.35. The summed E-state index contributed by atoms with van der Waals surface area (Å²) in [5.74, 6) is -0.416. The number of aliphatic imine (C=N–C) groups is 1. The highest BCUT2D eigenvalue weighted by atomic mass is 32.2. The lowest BCUT2D eigenvalue weighted by Crippen LogP contribution is -2.29. The van der Waals surface area contributed by atoms with Crippen LogP contribution >= 0.6 is 11.8 Å². The number of hydrogen-bond acceptors (Lipinski definition) is 7. The van der Waals surface area contributed by atoms with Crippen molar-refractivity contribution in [3.05, 3.63) is 95.2 Å². The second kappa shape index (κ2) is 12.8. The minimum Gasteiger partial charge on any atom is -0.494 e. The summed E-state index contributed by atoms with van der Waals surface area (Å²) < 4.78 is 5.42. The Morgan fingerprint density at radius 2 is 1.77 bits per heavy atom. The number of rotatable bonds is 9. The number of aryl methyl sites for hydroxylation is 1. The van der Waals surface area contributed by atoms with Gasteiger partial charge in [-0.25, -0.2) is 4.99 Å². The van der Waals surface area contributed by atoms with Crippen LogP contribution in [0.15, 0.2) is 89.1 Å². The van der Waals surface area contributed by atoms with Crippen molar-refractivity contribution in [2.75, 3.05) is 17.7 Å². The minimum absolute atomic E-state index is 0.0812. The van der Waals surface area contributed by atoms with E-state index in [-0.39, 0.29) is 11.3 Å². The lowest BCUT2D eigenvalue weighted by Gasteiger charge is -2.12. The lowest BCUT2D eigenvalue weighted by molar-refractivity contribution is -0.115. The number of hydrogen-bond donors (Lipinski definition) is 3. The number of methoxy groups -OCH3 is 1. The monoisotopic (exact) mass is 539 g/mol. The number of para-hydroxylation sites is 3. The van der Waals surface area contributed by atoms with E-state index in [1.165, 1.54) is 12.7 Å². The highest BCUT2D eigenvalue weighted by molar-refractivity contribution is 8.16. The van der Waals surface area contributed by atoms with E-state index in [0.29, 0.717) is 33.4 Å². The van der Waals surface area contributed by atoms with Crippen LogP contribution in [0.4, 0.5) is 17.1 Å². The molecule has 1 atom stereocenters. The fourth-order valence-corrected chi connectivity index (χ4v) is 5.16. The molecule has 39 heavy (non-hydrogen) atoms. The van der Waals surface area contributed by atoms with E-state index in [1.807, 2.05) is 30.3 Å². The second-order valence-corrected chi connectivity index (χ2v) is 9.91. The highest BCUT2D eigenvalue weighted by Crippen LogP contribution is 2.38. The van der Waals surface area contributed by atoms with E-state index in [9.17, 15) is 14.9 Å². The third-order valence-electron chi connectivity index (χ3n) is 6.12. The van der Waals surface area contributed by atoms with Crippen molar-refractivity contribution in [1.29, 1.82) is 5.26 Å². The fourth-order valence-electron chi connectivity index (χ4n) is 4.04. The number of benzene rings is 3. The van der Waals surface area contributed by atoms with Gasteiger partial charge in [-0.3, -0.25) is 9.59 Å². The largest absolute Gasteiger partial charge is 0.494 e. The quantitative estimate of drug-likeness (QED) is 0.327. The van der Waals surface area contributed by atoms with Crippen LogP contribution in [-0.2, 0) is 16.0 Å². The van der Waals surface area contributed by atoms with E-state index >= 15 is 0 Å². The number of nitrogens with two attached hydrogens (primary N) is 1. The number of anilines is 2. The number of nitrogens with one attached hydrogen (secondary N) is 2. The molecule has 0 fully saturated rings. The third kappa shape index (κ3) is 6.48. The smallest absolute Gasteiger partial charge is 0.260 e. The summed E-state index contributed by atoms with van der Waals surface area (Å²) in [7, 11) is 1.53. The van der Waals surface area contributed by atoms with Crippen LogP contribution in [0.3, 0.4) is 0 Å². The number of carbonyl (C=O) groups excluding carboxylic acids is 2. The van der Waals surface area contributed by atoms with Crippen molar-refractivity contribution in [2.45, 2.75) is 31.4 Å². The summed E-state index contributed by atoms with van der Waals surface area (Å²) >= 11 is 1.07. The zero-order valence-electron chi connectivity index (χ0n) is 21.7. The molecule has 0 unspecified atom stereocenters. The summed E-state index contributed by atoms with van der Waals surface area (Å²) in [6.07, 6.45) is 3.17. The van der Waals surface area contributed by atoms with Crippen molar-refractivity contribution in [3.8, 4) is 11.8 Å². The first-order valence-corrected chi connectivity index (χ1v) is 13.4. The van der Waals surface area contributed by atoms with E-state index in [4.69, 9.17) is 10.5 Å². The van der Waals surface area contributed by atoms with E-state index in [0.717, 1.165) is 31.0 Å². The molecule has 9 heteroatoms. The molecule has 8 nitrogen and oxygen atoms in total. The predicted molar refractivity (Wildman–Crippen MR) is 156 cm³/mol. The summed E-state index contributed by atoms with van der Waals surface area (Å²) in [6, 6.07) is 23.5. The Hall–Kier alpha value is -4.55. The number of carbonyl (C=O) groups is 2. The van der Waals surface area contributed by atoms with Gasteiger partial charge in [0.2, 0.25) is 5.91 Å². The number of ether oxygens (including phenoxy) is 1. The van der Waals surface area contributed by atoms with Crippen LogP contribution in [0.25, 0.3) is 0 Å². The Morgan fingerprint density at radius 3 is 2.49 bits per heavy atom. The van der Waals surface area contributed by atoms with Gasteiger partial charge < -0.3 is 21.1 Å². The average molecular weight is 540 g/mol. The molecule has 198 valence electrons. The van der Waals surface area contributed by atoms with Crippen LogP contribution < -0.4 is 21.1 Å². The first kappa shape index (κ1) is 27.5. The first-order valence-electron chi connectivity index (χ1n) is 12.5. The zero-order chi connectivity index (χ0) is 27.8. The molecule has 1 aliphatic rings. The predicted octanol–water partition coefficient (Wildman–Crippen LogP) is 5.55. The summed E-state index contributed by atoms with van der Waals surface area (Å²) in [5.41, 5.74) is 9.64. The average Bonchev–Trinajstić information content (AvgIpc) is 3.28. The Kier molecular flexibility index (Phi) is 9.02. The zero-order valence-corrected chi connectivity index (χ0v) is 22.5. The molecule has 4 rings (SSSR count). The highest BCUT2D eigenvalue weighted by Gasteiger charge is 2.38. The van der Waals surface area contributed by atoms with E-state index < -0.39 is 17.1 Å².